The molecule has 0 bridgehead atoms. The molecule has 2 heterocycles. The fraction of sp³-hybridized carbons (Fsp3) is 0.133. The van der Waals surface area contributed by atoms with Crippen molar-refractivity contribution in [2.75, 3.05) is 5.32 Å². The topological polar surface area (TPSA) is 85.6 Å². The van der Waals surface area contributed by atoms with Crippen LogP contribution in [0.3, 0.4) is 0 Å². The number of rotatable bonds is 4. The molecule has 0 spiro atoms. The lowest BCUT2D eigenvalue weighted by Gasteiger charge is -2.07. The van der Waals surface area contributed by atoms with Gasteiger partial charge in [0.2, 0.25) is 5.91 Å². The van der Waals surface area contributed by atoms with Crippen LogP contribution in [0.15, 0.2) is 48.9 Å². The number of tetrazole rings is 1. The molecule has 3 rings (SSSR count). The summed E-state index contributed by atoms with van der Waals surface area (Å²) < 4.78 is 1.56. The maximum Gasteiger partial charge on any atom is 0.229 e. The Labute approximate surface area is 127 Å². The Hall–Kier alpha value is -3.09. The molecule has 0 unspecified atom stereocenters. The number of nitrogens with zero attached hydrogens (tertiary/aromatic N) is 5. The first-order valence-electron chi connectivity index (χ1n) is 6.76. The van der Waals surface area contributed by atoms with E-state index in [0.717, 1.165) is 16.8 Å². The number of anilines is 1. The van der Waals surface area contributed by atoms with Crippen molar-refractivity contribution in [3.63, 3.8) is 0 Å². The SMILES string of the molecule is Cc1cccnc1NC(=O)Cc1ccc(-n2cnnn2)cc1. The fourth-order valence-electron chi connectivity index (χ4n) is 2.02. The number of aromatic nitrogens is 5. The summed E-state index contributed by atoms with van der Waals surface area (Å²) in [6, 6.07) is 11.2. The molecule has 0 aliphatic heterocycles. The van der Waals surface area contributed by atoms with Crippen molar-refractivity contribution in [2.45, 2.75) is 13.3 Å². The molecule has 7 heteroatoms. The smallest absolute Gasteiger partial charge is 0.229 e. The number of carbonyl (C=O) groups is 1. The van der Waals surface area contributed by atoms with E-state index in [9.17, 15) is 4.79 Å². The largest absolute Gasteiger partial charge is 0.310 e. The molecular weight excluding hydrogens is 280 g/mol. The van der Waals surface area contributed by atoms with Crippen LogP contribution in [0.1, 0.15) is 11.1 Å². The molecule has 0 aliphatic rings. The molecule has 0 radical (unpaired) electrons. The van der Waals surface area contributed by atoms with E-state index in [0.29, 0.717) is 5.82 Å². The van der Waals surface area contributed by atoms with Gasteiger partial charge in [0.25, 0.3) is 0 Å². The van der Waals surface area contributed by atoms with E-state index in [2.05, 4.69) is 25.8 Å². The third-order valence-corrected chi connectivity index (χ3v) is 3.18. The van der Waals surface area contributed by atoms with E-state index in [1.54, 1.807) is 10.9 Å². The summed E-state index contributed by atoms with van der Waals surface area (Å²) in [7, 11) is 0. The number of aryl methyl sites for hydroxylation is 1. The van der Waals surface area contributed by atoms with E-state index in [4.69, 9.17) is 0 Å². The highest BCUT2D eigenvalue weighted by Crippen LogP contribution is 2.11. The number of amides is 1. The van der Waals surface area contributed by atoms with Gasteiger partial charge < -0.3 is 5.32 Å². The Bertz CT molecular complexity index is 767. The van der Waals surface area contributed by atoms with E-state index in [-0.39, 0.29) is 12.3 Å². The normalized spacial score (nSPS) is 10.4. The summed E-state index contributed by atoms with van der Waals surface area (Å²) in [6.45, 7) is 1.91. The van der Waals surface area contributed by atoms with Gasteiger partial charge >= 0.3 is 0 Å². The highest BCUT2D eigenvalue weighted by molar-refractivity contribution is 5.91. The minimum absolute atomic E-state index is 0.100. The molecule has 2 aromatic heterocycles. The van der Waals surface area contributed by atoms with E-state index in [1.807, 2.05) is 43.3 Å². The Kier molecular flexibility index (Phi) is 3.86. The minimum atomic E-state index is -0.100. The lowest BCUT2D eigenvalue weighted by molar-refractivity contribution is -0.115. The van der Waals surface area contributed by atoms with Gasteiger partial charge in [-0.25, -0.2) is 9.67 Å². The molecule has 0 aliphatic carbocycles. The monoisotopic (exact) mass is 294 g/mol. The summed E-state index contributed by atoms with van der Waals surface area (Å²) in [6.07, 6.45) is 3.46. The van der Waals surface area contributed by atoms with Crippen molar-refractivity contribution in [2.24, 2.45) is 0 Å². The lowest BCUT2D eigenvalue weighted by Crippen LogP contribution is -2.16. The van der Waals surface area contributed by atoms with Crippen LogP contribution in [0.5, 0.6) is 0 Å². The first-order valence-corrected chi connectivity index (χ1v) is 6.76. The quantitative estimate of drug-likeness (QED) is 0.789. The predicted octanol–water partition coefficient (Wildman–Crippen LogP) is 1.55. The van der Waals surface area contributed by atoms with Gasteiger partial charge in [0, 0.05) is 6.20 Å². The van der Waals surface area contributed by atoms with E-state index in [1.165, 1.54) is 6.33 Å². The molecule has 0 fully saturated rings. The van der Waals surface area contributed by atoms with Crippen molar-refractivity contribution in [3.8, 4) is 5.69 Å². The van der Waals surface area contributed by atoms with Crippen LogP contribution in [0.25, 0.3) is 5.69 Å². The summed E-state index contributed by atoms with van der Waals surface area (Å²) in [5.74, 6) is 0.495. The number of hydrogen-bond donors (Lipinski definition) is 1. The number of hydrogen-bond acceptors (Lipinski definition) is 5. The van der Waals surface area contributed by atoms with Crippen LogP contribution in [0.4, 0.5) is 5.82 Å². The Morgan fingerprint density at radius 3 is 2.73 bits per heavy atom. The van der Waals surface area contributed by atoms with Crippen molar-refractivity contribution in [1.29, 1.82) is 0 Å². The lowest BCUT2D eigenvalue weighted by atomic mass is 10.1. The highest BCUT2D eigenvalue weighted by Gasteiger charge is 2.07. The van der Waals surface area contributed by atoms with Gasteiger partial charge in [0.05, 0.1) is 12.1 Å². The van der Waals surface area contributed by atoms with Crippen molar-refractivity contribution < 1.29 is 4.79 Å². The highest BCUT2D eigenvalue weighted by atomic mass is 16.1. The maximum absolute atomic E-state index is 12.1. The van der Waals surface area contributed by atoms with Crippen molar-refractivity contribution >= 4 is 11.7 Å². The van der Waals surface area contributed by atoms with Gasteiger partial charge in [-0.05, 0) is 46.7 Å². The zero-order chi connectivity index (χ0) is 15.4. The van der Waals surface area contributed by atoms with Crippen LogP contribution < -0.4 is 5.32 Å². The predicted molar refractivity (Wildman–Crippen MR) is 80.5 cm³/mol. The average molecular weight is 294 g/mol. The third-order valence-electron chi connectivity index (χ3n) is 3.18. The molecule has 0 saturated carbocycles. The average Bonchev–Trinajstić information content (AvgIpc) is 3.05. The Morgan fingerprint density at radius 1 is 1.23 bits per heavy atom. The second-order valence-corrected chi connectivity index (χ2v) is 4.81. The zero-order valence-corrected chi connectivity index (χ0v) is 12.0. The fourth-order valence-corrected chi connectivity index (χ4v) is 2.02. The standard InChI is InChI=1S/C15H14N6O/c1-11-3-2-8-16-15(11)18-14(22)9-12-4-6-13(7-5-12)21-10-17-19-20-21/h2-8,10H,9H2,1H3,(H,16,18,22). The van der Waals surface area contributed by atoms with Gasteiger partial charge in [0.1, 0.15) is 12.1 Å². The molecule has 1 amide bonds. The number of carbonyl (C=O) groups excluding carboxylic acids is 1. The van der Waals surface area contributed by atoms with Gasteiger partial charge in [-0.15, -0.1) is 5.10 Å². The summed E-state index contributed by atoms with van der Waals surface area (Å²) in [4.78, 5) is 16.2. The Balaban J connectivity index is 1.66. The second-order valence-electron chi connectivity index (χ2n) is 4.81. The molecule has 1 aromatic carbocycles. The van der Waals surface area contributed by atoms with Crippen LogP contribution in [-0.4, -0.2) is 31.1 Å². The maximum atomic E-state index is 12.1. The van der Waals surface area contributed by atoms with Crippen molar-refractivity contribution in [1.82, 2.24) is 25.2 Å². The molecule has 0 saturated heterocycles. The zero-order valence-electron chi connectivity index (χ0n) is 12.0. The number of benzene rings is 1. The van der Waals surface area contributed by atoms with Crippen LogP contribution >= 0.6 is 0 Å². The van der Waals surface area contributed by atoms with Crippen molar-refractivity contribution in [3.05, 3.63) is 60.0 Å². The first-order chi connectivity index (χ1) is 10.7. The third kappa shape index (κ3) is 3.14. The van der Waals surface area contributed by atoms with E-state index < -0.39 is 0 Å². The summed E-state index contributed by atoms with van der Waals surface area (Å²) in [5, 5.41) is 13.8. The second kappa shape index (κ2) is 6.13. The van der Waals surface area contributed by atoms with Gasteiger partial charge in [-0.2, -0.15) is 0 Å². The number of nitrogens with one attached hydrogen (secondary N) is 1. The van der Waals surface area contributed by atoms with Gasteiger partial charge in [-0.1, -0.05) is 18.2 Å². The molecule has 110 valence electrons. The molecule has 3 aromatic rings. The minimum Gasteiger partial charge on any atom is -0.310 e. The van der Waals surface area contributed by atoms with Crippen LogP contribution in [-0.2, 0) is 11.2 Å². The molecular formula is C15H14N6O. The number of pyridine rings is 1. The van der Waals surface area contributed by atoms with Gasteiger partial charge in [0.15, 0.2) is 0 Å². The summed E-state index contributed by atoms with van der Waals surface area (Å²) >= 11 is 0. The van der Waals surface area contributed by atoms with Crippen LogP contribution in [0, 0.1) is 6.92 Å². The molecule has 0 atom stereocenters. The van der Waals surface area contributed by atoms with Gasteiger partial charge in [-0.3, -0.25) is 4.79 Å². The summed E-state index contributed by atoms with van der Waals surface area (Å²) in [5.41, 5.74) is 2.68. The van der Waals surface area contributed by atoms with E-state index >= 15 is 0 Å². The first kappa shape index (κ1) is 13.9. The molecule has 22 heavy (non-hydrogen) atoms. The molecule has 7 nitrogen and oxygen atoms in total. The van der Waals surface area contributed by atoms with Crippen LogP contribution in [0.2, 0.25) is 0 Å². The Morgan fingerprint density at radius 2 is 2.05 bits per heavy atom. The molecule has 1 N–H and O–H groups in total.